The van der Waals surface area contributed by atoms with Gasteiger partial charge in [0.2, 0.25) is 5.91 Å². The molecule has 7 nitrogen and oxygen atoms in total. The second-order valence-corrected chi connectivity index (χ2v) is 11.3. The molecule has 1 aliphatic heterocycles. The average Bonchev–Trinajstić information content (AvgIpc) is 3.32. The Morgan fingerprint density at radius 2 is 2.03 bits per heavy atom. The topological polar surface area (TPSA) is 90.7 Å². The van der Waals surface area contributed by atoms with Gasteiger partial charge in [-0.05, 0) is 82.0 Å². The number of H-pyrrole nitrogens is 1. The Balaban J connectivity index is 1.27. The molecular weight excluding hydrogens is 404 g/mol. The lowest BCUT2D eigenvalue weighted by atomic mass is 9.47. The van der Waals surface area contributed by atoms with Gasteiger partial charge in [0.05, 0.1) is 17.3 Å². The largest absolute Gasteiger partial charge is 0.390 e. The van der Waals surface area contributed by atoms with E-state index in [1.807, 2.05) is 24.8 Å². The van der Waals surface area contributed by atoms with Gasteiger partial charge < -0.3 is 10.0 Å². The maximum Gasteiger partial charge on any atom is 0.276 e. The van der Waals surface area contributed by atoms with Gasteiger partial charge in [-0.1, -0.05) is 6.92 Å². The van der Waals surface area contributed by atoms with E-state index < -0.39 is 5.60 Å². The van der Waals surface area contributed by atoms with Gasteiger partial charge in [0.15, 0.2) is 5.65 Å². The maximum atomic E-state index is 13.6. The van der Waals surface area contributed by atoms with Crippen molar-refractivity contribution in [2.45, 2.75) is 89.7 Å². The minimum absolute atomic E-state index is 0.0187. The number of aryl methyl sites for hydroxylation is 1. The lowest BCUT2D eigenvalue weighted by molar-refractivity contribution is -0.172. The van der Waals surface area contributed by atoms with Gasteiger partial charge in [0.25, 0.3) is 5.56 Å². The number of aliphatic hydroxyl groups is 1. The number of amides is 1. The van der Waals surface area contributed by atoms with E-state index in [-0.39, 0.29) is 22.9 Å². The summed E-state index contributed by atoms with van der Waals surface area (Å²) in [7, 11) is 0. The molecule has 2 N–H and O–H groups in total. The van der Waals surface area contributed by atoms with Gasteiger partial charge in [-0.3, -0.25) is 14.7 Å². The summed E-state index contributed by atoms with van der Waals surface area (Å²) in [6, 6.07) is 1.91. The Morgan fingerprint density at radius 1 is 1.28 bits per heavy atom. The number of carbonyl (C=O) groups is 1. The molecule has 0 radical (unpaired) electrons. The molecule has 0 aromatic carbocycles. The molecule has 2 aromatic heterocycles. The number of carbonyl (C=O) groups excluding carboxylic acids is 1. The van der Waals surface area contributed by atoms with Crippen molar-refractivity contribution in [2.24, 2.45) is 17.3 Å². The molecule has 1 saturated heterocycles. The summed E-state index contributed by atoms with van der Waals surface area (Å²) >= 11 is 0. The molecule has 0 spiro atoms. The summed E-state index contributed by atoms with van der Waals surface area (Å²) in [5, 5.41) is 14.3. The molecule has 2 aromatic rings. The molecule has 172 valence electrons. The minimum Gasteiger partial charge on any atom is -0.390 e. The highest BCUT2D eigenvalue weighted by atomic mass is 16.3. The van der Waals surface area contributed by atoms with Crippen LogP contribution in [-0.4, -0.2) is 42.7 Å². The van der Waals surface area contributed by atoms with Crippen molar-refractivity contribution in [3.05, 3.63) is 33.4 Å². The number of aromatic amines is 1. The van der Waals surface area contributed by atoms with Gasteiger partial charge in [-0.2, -0.15) is 0 Å². The van der Waals surface area contributed by atoms with Crippen molar-refractivity contribution in [2.75, 3.05) is 6.54 Å². The number of hydrogen-bond donors (Lipinski definition) is 2. The van der Waals surface area contributed by atoms with E-state index in [1.165, 1.54) is 10.9 Å². The van der Waals surface area contributed by atoms with E-state index in [1.54, 1.807) is 0 Å². The molecule has 3 unspecified atom stereocenters. The summed E-state index contributed by atoms with van der Waals surface area (Å²) in [6.45, 7) is 4.62. The van der Waals surface area contributed by atoms with E-state index in [0.29, 0.717) is 30.3 Å². The lowest BCUT2D eigenvalue weighted by Gasteiger charge is -2.60. The molecule has 3 heterocycles. The van der Waals surface area contributed by atoms with Crippen molar-refractivity contribution in [1.29, 1.82) is 0 Å². The normalized spacial score (nSPS) is 35.8. The highest BCUT2D eigenvalue weighted by Gasteiger charge is 2.57. The number of nitrogens with zero attached hydrogens (tertiary/aromatic N) is 3. The molecule has 5 aliphatic rings. The Kier molecular flexibility index (Phi) is 4.43. The van der Waals surface area contributed by atoms with Gasteiger partial charge >= 0.3 is 0 Å². The smallest absolute Gasteiger partial charge is 0.276 e. The molecule has 5 fully saturated rings. The first-order chi connectivity index (χ1) is 15.3. The molecule has 4 aliphatic carbocycles. The lowest BCUT2D eigenvalue weighted by Crippen LogP contribution is -2.56. The van der Waals surface area contributed by atoms with Crippen LogP contribution in [0.25, 0.3) is 5.65 Å². The fourth-order valence-corrected chi connectivity index (χ4v) is 8.19. The molecule has 4 bridgehead atoms. The van der Waals surface area contributed by atoms with Gasteiger partial charge in [-0.25, -0.2) is 9.50 Å². The number of nitrogens with one attached hydrogen (secondary N) is 1. The molecule has 1 amide bonds. The third-order valence-corrected chi connectivity index (χ3v) is 8.90. The number of likely N-dealkylation sites (tertiary alicyclic amines) is 1. The third kappa shape index (κ3) is 3.07. The first-order valence-electron chi connectivity index (χ1n) is 12.4. The average molecular weight is 439 g/mol. The Labute approximate surface area is 188 Å². The zero-order valence-corrected chi connectivity index (χ0v) is 19.2. The van der Waals surface area contributed by atoms with E-state index in [9.17, 15) is 14.7 Å². The molecule has 7 heteroatoms. The summed E-state index contributed by atoms with van der Waals surface area (Å²) in [6.07, 6.45) is 9.16. The monoisotopic (exact) mass is 438 g/mol. The first-order valence-corrected chi connectivity index (χ1v) is 12.4. The summed E-state index contributed by atoms with van der Waals surface area (Å²) in [5.74, 6) is 1.39. The van der Waals surface area contributed by atoms with Crippen molar-refractivity contribution >= 4 is 11.6 Å². The molecule has 4 saturated carbocycles. The summed E-state index contributed by atoms with van der Waals surface area (Å²) < 4.78 is 1.54. The van der Waals surface area contributed by atoms with E-state index in [2.05, 4.69) is 10.1 Å². The number of hydrogen-bond acceptors (Lipinski definition) is 4. The number of aromatic nitrogens is 3. The van der Waals surface area contributed by atoms with Crippen LogP contribution in [0.2, 0.25) is 0 Å². The maximum absolute atomic E-state index is 13.6. The van der Waals surface area contributed by atoms with E-state index in [0.717, 1.165) is 68.4 Å². The van der Waals surface area contributed by atoms with Crippen LogP contribution in [0.15, 0.2) is 10.9 Å². The van der Waals surface area contributed by atoms with Gasteiger partial charge in [-0.15, -0.1) is 0 Å². The highest BCUT2D eigenvalue weighted by molar-refractivity contribution is 5.78. The van der Waals surface area contributed by atoms with Crippen LogP contribution >= 0.6 is 0 Å². The van der Waals surface area contributed by atoms with Crippen LogP contribution in [0.4, 0.5) is 0 Å². The minimum atomic E-state index is -0.534. The van der Waals surface area contributed by atoms with Gasteiger partial charge in [0.1, 0.15) is 0 Å². The Hall–Kier alpha value is -2.15. The summed E-state index contributed by atoms with van der Waals surface area (Å²) in [4.78, 5) is 33.1. The zero-order chi connectivity index (χ0) is 22.3. The fourth-order valence-electron chi connectivity index (χ4n) is 8.19. The second-order valence-electron chi connectivity index (χ2n) is 11.3. The molecular formula is C25H34N4O3. The van der Waals surface area contributed by atoms with Crippen molar-refractivity contribution in [1.82, 2.24) is 19.5 Å². The van der Waals surface area contributed by atoms with Gasteiger partial charge in [0, 0.05) is 30.3 Å². The standard InChI is InChI=1S/C25H34N4O3/c1-3-18-15(2)26-21-8-19(27-29(21)23(18)31)20-5-4-6-28(20)22(30)13-24-9-16-7-17(10-24)12-25(32,11-16)14-24/h8,16-17,20,27,32H,3-7,9-14H2,1-2H3. The van der Waals surface area contributed by atoms with Crippen LogP contribution in [0.1, 0.15) is 87.7 Å². The van der Waals surface area contributed by atoms with Crippen LogP contribution in [0.5, 0.6) is 0 Å². The van der Waals surface area contributed by atoms with Crippen molar-refractivity contribution < 1.29 is 9.90 Å². The van der Waals surface area contributed by atoms with Crippen molar-refractivity contribution in [3.8, 4) is 0 Å². The second kappa shape index (κ2) is 6.92. The predicted octanol–water partition coefficient (Wildman–Crippen LogP) is 3.28. The number of fused-ring (bicyclic) bond motifs is 1. The van der Waals surface area contributed by atoms with E-state index >= 15 is 0 Å². The predicted molar refractivity (Wildman–Crippen MR) is 120 cm³/mol. The fraction of sp³-hybridized carbons (Fsp3) is 0.720. The molecule has 7 rings (SSSR count). The van der Waals surface area contributed by atoms with Crippen LogP contribution < -0.4 is 5.56 Å². The third-order valence-electron chi connectivity index (χ3n) is 8.90. The summed E-state index contributed by atoms with van der Waals surface area (Å²) in [5.41, 5.74) is 2.44. The Morgan fingerprint density at radius 3 is 2.72 bits per heavy atom. The van der Waals surface area contributed by atoms with Crippen LogP contribution in [0, 0.1) is 24.2 Å². The SMILES string of the molecule is CCc1c(C)nc2cc(C3CCCN3C(=O)CC34CC5CC(CC(O)(C5)C3)C4)[nH]n2c1=O. The highest BCUT2D eigenvalue weighted by Crippen LogP contribution is 2.63. The Bertz CT molecular complexity index is 1130. The zero-order valence-electron chi connectivity index (χ0n) is 19.2. The molecule has 32 heavy (non-hydrogen) atoms. The quantitative estimate of drug-likeness (QED) is 0.767. The van der Waals surface area contributed by atoms with Crippen LogP contribution in [0.3, 0.4) is 0 Å². The molecule has 3 atom stereocenters. The van der Waals surface area contributed by atoms with Crippen LogP contribution in [-0.2, 0) is 11.2 Å². The first kappa shape index (κ1) is 20.5. The number of rotatable bonds is 4. The van der Waals surface area contributed by atoms with Crippen molar-refractivity contribution in [3.63, 3.8) is 0 Å². The van der Waals surface area contributed by atoms with E-state index in [4.69, 9.17) is 0 Å².